The molecule has 2 heterocycles. The standard InChI is InChI=1S/C10H11ClF2N2O.C10H9ClF2N2O/c2*11-9-1-8(6(5-16)4-14-9)15-7-2-10(12,13)3-7/h1,4,7,16H,2-3,5H2,(H,14,15);1,4-5,7H,2-3H2,(H,14,15). The minimum absolute atomic E-state index is 0.183. The summed E-state index contributed by atoms with van der Waals surface area (Å²) in [5.74, 6) is -5.15. The number of rotatable bonds is 6. The molecule has 32 heavy (non-hydrogen) atoms. The first-order valence-electron chi connectivity index (χ1n) is 9.65. The molecular weight excluding hydrogens is 475 g/mol. The van der Waals surface area contributed by atoms with Crippen LogP contribution in [0.25, 0.3) is 0 Å². The van der Waals surface area contributed by atoms with Crippen LogP contribution in [0.4, 0.5) is 28.9 Å². The van der Waals surface area contributed by atoms with E-state index >= 15 is 0 Å². The van der Waals surface area contributed by atoms with E-state index in [1.165, 1.54) is 24.5 Å². The van der Waals surface area contributed by atoms with E-state index in [2.05, 4.69) is 20.6 Å². The van der Waals surface area contributed by atoms with Gasteiger partial charge in [0, 0.05) is 67.1 Å². The van der Waals surface area contributed by atoms with Gasteiger partial charge in [0.15, 0.2) is 6.29 Å². The highest BCUT2D eigenvalue weighted by Gasteiger charge is 2.46. The molecule has 2 aromatic heterocycles. The Bertz CT molecular complexity index is 965. The van der Waals surface area contributed by atoms with Crippen molar-refractivity contribution < 1.29 is 27.5 Å². The van der Waals surface area contributed by atoms with E-state index in [-0.39, 0.29) is 54.7 Å². The zero-order valence-corrected chi connectivity index (χ0v) is 18.1. The van der Waals surface area contributed by atoms with Crippen LogP contribution in [0.5, 0.6) is 0 Å². The van der Waals surface area contributed by atoms with Crippen molar-refractivity contribution in [3.05, 3.63) is 46.0 Å². The van der Waals surface area contributed by atoms with Gasteiger partial charge >= 0.3 is 0 Å². The van der Waals surface area contributed by atoms with Crippen molar-refractivity contribution in [1.82, 2.24) is 9.97 Å². The Hall–Kier alpha value is -2.17. The molecule has 2 aromatic rings. The number of alkyl halides is 4. The topological polar surface area (TPSA) is 87.1 Å². The molecule has 4 rings (SSSR count). The summed E-state index contributed by atoms with van der Waals surface area (Å²) in [4.78, 5) is 18.2. The molecule has 2 aliphatic carbocycles. The van der Waals surface area contributed by atoms with Gasteiger partial charge in [0.1, 0.15) is 10.3 Å². The second-order valence-corrected chi connectivity index (χ2v) is 8.52. The van der Waals surface area contributed by atoms with E-state index in [0.717, 1.165) is 0 Å². The van der Waals surface area contributed by atoms with Crippen LogP contribution in [0, 0.1) is 0 Å². The van der Waals surface area contributed by atoms with Gasteiger partial charge < -0.3 is 15.7 Å². The van der Waals surface area contributed by atoms with E-state index < -0.39 is 11.8 Å². The van der Waals surface area contributed by atoms with Crippen LogP contribution >= 0.6 is 23.2 Å². The van der Waals surface area contributed by atoms with Crippen molar-refractivity contribution in [2.75, 3.05) is 10.6 Å². The Labute approximate surface area is 191 Å². The molecule has 0 atom stereocenters. The van der Waals surface area contributed by atoms with Gasteiger partial charge in [0.05, 0.1) is 12.2 Å². The van der Waals surface area contributed by atoms with Gasteiger partial charge in [0.2, 0.25) is 0 Å². The zero-order valence-electron chi connectivity index (χ0n) is 16.6. The molecule has 12 heteroatoms. The molecule has 6 nitrogen and oxygen atoms in total. The number of aromatic nitrogens is 2. The van der Waals surface area contributed by atoms with Crippen LogP contribution in [0.1, 0.15) is 41.6 Å². The first-order valence-corrected chi connectivity index (χ1v) is 10.4. The molecule has 2 fully saturated rings. The average Bonchev–Trinajstić information content (AvgIpc) is 2.66. The third kappa shape index (κ3) is 6.43. The summed E-state index contributed by atoms with van der Waals surface area (Å²) in [5.41, 5.74) is 1.90. The monoisotopic (exact) mass is 494 g/mol. The largest absolute Gasteiger partial charge is 0.392 e. The third-order valence-corrected chi connectivity index (χ3v) is 5.46. The lowest BCUT2D eigenvalue weighted by atomic mass is 9.88. The molecule has 3 N–H and O–H groups in total. The fourth-order valence-corrected chi connectivity index (χ4v) is 3.66. The lowest BCUT2D eigenvalue weighted by molar-refractivity contribution is -0.0800. The van der Waals surface area contributed by atoms with Gasteiger partial charge in [-0.05, 0) is 12.1 Å². The lowest BCUT2D eigenvalue weighted by Gasteiger charge is -2.36. The van der Waals surface area contributed by atoms with Crippen LogP contribution in [0.3, 0.4) is 0 Å². The highest BCUT2D eigenvalue weighted by molar-refractivity contribution is 6.30. The quantitative estimate of drug-likeness (QED) is 0.291. The fourth-order valence-electron chi connectivity index (χ4n) is 3.34. The molecule has 0 bridgehead atoms. The number of nitrogens with zero attached hydrogens (tertiary/aromatic N) is 2. The molecule has 0 unspecified atom stereocenters. The van der Waals surface area contributed by atoms with Crippen LogP contribution < -0.4 is 10.6 Å². The van der Waals surface area contributed by atoms with Gasteiger partial charge in [-0.2, -0.15) is 0 Å². The van der Waals surface area contributed by atoms with E-state index in [1.54, 1.807) is 0 Å². The first kappa shape index (κ1) is 24.5. The second-order valence-electron chi connectivity index (χ2n) is 7.75. The highest BCUT2D eigenvalue weighted by atomic mass is 35.5. The van der Waals surface area contributed by atoms with Gasteiger partial charge in [-0.3, -0.25) is 4.79 Å². The van der Waals surface area contributed by atoms with Crippen LogP contribution in [-0.2, 0) is 6.61 Å². The van der Waals surface area contributed by atoms with Crippen LogP contribution in [0.15, 0.2) is 24.5 Å². The maximum absolute atomic E-state index is 12.6. The van der Waals surface area contributed by atoms with E-state index in [1.807, 2.05) is 0 Å². The molecule has 0 radical (unpaired) electrons. The SMILES string of the molecule is O=Cc1cnc(Cl)cc1NC1CC(F)(F)C1.OCc1cnc(Cl)cc1NC1CC(F)(F)C1. The molecular formula is C20H20Cl2F4N4O2. The number of carbonyl (C=O) groups is 1. The number of hydrogen-bond acceptors (Lipinski definition) is 6. The Balaban J connectivity index is 0.000000181. The minimum atomic E-state index is -2.59. The van der Waals surface area contributed by atoms with Crippen LogP contribution in [-0.4, -0.2) is 45.3 Å². The number of nitrogens with one attached hydrogen (secondary N) is 2. The number of carbonyl (C=O) groups excluding carboxylic acids is 1. The van der Waals surface area contributed by atoms with Crippen molar-refractivity contribution in [3.63, 3.8) is 0 Å². The van der Waals surface area contributed by atoms with Crippen molar-refractivity contribution in [3.8, 4) is 0 Å². The lowest BCUT2D eigenvalue weighted by Crippen LogP contribution is -2.44. The van der Waals surface area contributed by atoms with Crippen molar-refractivity contribution in [2.45, 2.75) is 56.2 Å². The van der Waals surface area contributed by atoms with E-state index in [9.17, 15) is 22.4 Å². The normalized spacial score (nSPS) is 19.1. The Morgan fingerprint density at radius 1 is 0.938 bits per heavy atom. The molecule has 0 saturated heterocycles. The van der Waals surface area contributed by atoms with Gasteiger partial charge in [-0.25, -0.2) is 27.5 Å². The number of pyridine rings is 2. The maximum atomic E-state index is 12.6. The number of hydrogen-bond donors (Lipinski definition) is 3. The molecule has 2 saturated carbocycles. The number of anilines is 2. The predicted octanol–water partition coefficient (Wildman–Crippen LogP) is 5.19. The van der Waals surface area contributed by atoms with Crippen molar-refractivity contribution >= 4 is 40.9 Å². The first-order chi connectivity index (χ1) is 15.0. The smallest absolute Gasteiger partial charge is 0.252 e. The Kier molecular flexibility index (Phi) is 7.46. The van der Waals surface area contributed by atoms with E-state index in [0.29, 0.717) is 28.8 Å². The number of aliphatic hydroxyl groups is 1. The van der Waals surface area contributed by atoms with Gasteiger partial charge in [-0.1, -0.05) is 23.2 Å². The highest BCUT2D eigenvalue weighted by Crippen LogP contribution is 2.40. The molecule has 0 aromatic carbocycles. The molecule has 2 aliphatic rings. The number of aldehydes is 1. The third-order valence-electron chi connectivity index (χ3n) is 5.05. The second kappa shape index (κ2) is 9.76. The Morgan fingerprint density at radius 3 is 1.88 bits per heavy atom. The predicted molar refractivity (Wildman–Crippen MR) is 113 cm³/mol. The minimum Gasteiger partial charge on any atom is -0.392 e. The van der Waals surface area contributed by atoms with E-state index in [4.69, 9.17) is 28.3 Å². The number of aliphatic hydroxyl groups excluding tert-OH is 1. The summed E-state index contributed by atoms with van der Waals surface area (Å²) in [6.45, 7) is -0.199. The van der Waals surface area contributed by atoms with Gasteiger partial charge in [0.25, 0.3) is 11.8 Å². The van der Waals surface area contributed by atoms with Crippen molar-refractivity contribution in [2.24, 2.45) is 0 Å². The summed E-state index contributed by atoms with van der Waals surface area (Å²) in [6, 6.07) is 2.41. The van der Waals surface area contributed by atoms with Gasteiger partial charge in [-0.15, -0.1) is 0 Å². The summed E-state index contributed by atoms with van der Waals surface area (Å²) in [5, 5.41) is 15.3. The average molecular weight is 495 g/mol. The molecule has 174 valence electrons. The number of halogens is 6. The van der Waals surface area contributed by atoms with Crippen molar-refractivity contribution in [1.29, 1.82) is 0 Å². The summed E-state index contributed by atoms with van der Waals surface area (Å²) < 4.78 is 50.5. The van der Waals surface area contributed by atoms with Crippen LogP contribution in [0.2, 0.25) is 10.3 Å². The summed E-state index contributed by atoms with van der Waals surface area (Å²) in [7, 11) is 0. The summed E-state index contributed by atoms with van der Waals surface area (Å²) >= 11 is 11.4. The molecule has 0 spiro atoms. The molecule has 0 aliphatic heterocycles. The Morgan fingerprint density at radius 2 is 1.41 bits per heavy atom. The summed E-state index contributed by atoms with van der Waals surface area (Å²) in [6.07, 6.45) is 2.56. The fraction of sp³-hybridized carbons (Fsp3) is 0.450. The maximum Gasteiger partial charge on any atom is 0.252 e. The zero-order chi connectivity index (χ0) is 23.5. The molecule has 0 amide bonds.